The van der Waals surface area contributed by atoms with Crippen LogP contribution in [0.25, 0.3) is 87.9 Å². The number of benzene rings is 9. The van der Waals surface area contributed by atoms with Gasteiger partial charge in [0, 0.05) is 50.2 Å². The van der Waals surface area contributed by atoms with Gasteiger partial charge in [-0.1, -0.05) is 115 Å². The van der Waals surface area contributed by atoms with Crippen LogP contribution in [0.3, 0.4) is 0 Å². The molecule has 4 nitrogen and oxygen atoms in total. The largest absolute Gasteiger partial charge is 0.456 e. The molecule has 0 aliphatic heterocycles. The van der Waals surface area contributed by atoms with Crippen molar-refractivity contribution in [2.24, 2.45) is 0 Å². The summed E-state index contributed by atoms with van der Waals surface area (Å²) in [6, 6.07) is 64.0. The highest BCUT2D eigenvalue weighted by Gasteiger charge is 2.19. The van der Waals surface area contributed by atoms with Crippen LogP contribution >= 0.6 is 0 Å². The van der Waals surface area contributed by atoms with Crippen LogP contribution in [0.2, 0.25) is 0 Å². The molecule has 248 valence electrons. The van der Waals surface area contributed by atoms with E-state index >= 15 is 0 Å². The maximum absolute atomic E-state index is 6.44. The molecule has 0 N–H and O–H groups in total. The molecule has 0 saturated carbocycles. The van der Waals surface area contributed by atoms with Gasteiger partial charge in [0.05, 0.1) is 0 Å². The van der Waals surface area contributed by atoms with Crippen LogP contribution in [0.1, 0.15) is 0 Å². The number of para-hydroxylation sites is 1. The van der Waals surface area contributed by atoms with E-state index in [0.29, 0.717) is 5.89 Å². The highest BCUT2D eigenvalue weighted by Crippen LogP contribution is 2.42. The van der Waals surface area contributed by atoms with Gasteiger partial charge in [-0.2, -0.15) is 0 Å². The molecule has 0 amide bonds. The number of oxazole rings is 1. The Labute approximate surface area is 304 Å². The summed E-state index contributed by atoms with van der Waals surface area (Å²) in [5, 5.41) is 9.07. The first-order valence-corrected chi connectivity index (χ1v) is 17.9. The van der Waals surface area contributed by atoms with E-state index in [0.717, 1.165) is 88.3 Å². The highest BCUT2D eigenvalue weighted by atomic mass is 16.3. The van der Waals surface area contributed by atoms with Gasteiger partial charge in [-0.15, -0.1) is 0 Å². The first kappa shape index (κ1) is 29.5. The third kappa shape index (κ3) is 4.80. The lowest BCUT2D eigenvalue weighted by molar-refractivity contribution is 0.623. The van der Waals surface area contributed by atoms with Crippen molar-refractivity contribution in [3.05, 3.63) is 182 Å². The van der Waals surface area contributed by atoms with Crippen LogP contribution in [-0.4, -0.2) is 4.98 Å². The second kappa shape index (κ2) is 11.7. The summed E-state index contributed by atoms with van der Waals surface area (Å²) in [5.74, 6) is 0.633. The van der Waals surface area contributed by atoms with Crippen molar-refractivity contribution in [1.29, 1.82) is 0 Å². The van der Waals surface area contributed by atoms with E-state index in [4.69, 9.17) is 13.8 Å². The topological polar surface area (TPSA) is 42.4 Å². The number of anilines is 3. The predicted octanol–water partition coefficient (Wildman–Crippen LogP) is 14.0. The zero-order chi connectivity index (χ0) is 34.9. The number of furan rings is 1. The molecular formula is C49H30N2O2. The SMILES string of the molecule is c1ccc(-c2nc3c4ccc(-c5ccc(N(c6ccc7ccccc7c6)c6ccc7c(c6)oc6ccccc67)cc5)cc4c4ccccc4c3o2)cc1. The summed E-state index contributed by atoms with van der Waals surface area (Å²) < 4.78 is 12.8. The van der Waals surface area contributed by atoms with Crippen molar-refractivity contribution in [3.63, 3.8) is 0 Å². The second-order valence-corrected chi connectivity index (χ2v) is 13.6. The van der Waals surface area contributed by atoms with Crippen LogP contribution < -0.4 is 4.90 Å². The maximum atomic E-state index is 6.44. The van der Waals surface area contributed by atoms with Crippen molar-refractivity contribution in [2.75, 3.05) is 4.90 Å². The van der Waals surface area contributed by atoms with E-state index in [1.54, 1.807) is 0 Å². The molecule has 2 aromatic heterocycles. The Morgan fingerprint density at radius 1 is 0.358 bits per heavy atom. The molecule has 11 aromatic rings. The second-order valence-electron chi connectivity index (χ2n) is 13.6. The monoisotopic (exact) mass is 678 g/mol. The minimum Gasteiger partial charge on any atom is -0.456 e. The van der Waals surface area contributed by atoms with Gasteiger partial charge in [0.1, 0.15) is 16.7 Å². The fraction of sp³-hybridized carbons (Fsp3) is 0. The van der Waals surface area contributed by atoms with E-state index in [1.165, 1.54) is 10.8 Å². The zero-order valence-corrected chi connectivity index (χ0v) is 28.5. The third-order valence-corrected chi connectivity index (χ3v) is 10.5. The van der Waals surface area contributed by atoms with Gasteiger partial charge in [-0.05, 0) is 93.3 Å². The van der Waals surface area contributed by atoms with Gasteiger partial charge in [-0.25, -0.2) is 4.98 Å². The van der Waals surface area contributed by atoms with Crippen molar-refractivity contribution in [3.8, 4) is 22.6 Å². The highest BCUT2D eigenvalue weighted by molar-refractivity contribution is 6.23. The Bertz CT molecular complexity index is 3180. The molecule has 9 aromatic carbocycles. The number of aromatic nitrogens is 1. The lowest BCUT2D eigenvalue weighted by atomic mass is 9.96. The summed E-state index contributed by atoms with van der Waals surface area (Å²) in [6.45, 7) is 0. The molecule has 2 heterocycles. The summed E-state index contributed by atoms with van der Waals surface area (Å²) in [7, 11) is 0. The average Bonchev–Trinajstić information content (AvgIpc) is 3.84. The molecule has 0 radical (unpaired) electrons. The Hall–Kier alpha value is -7.17. The standard InChI is InChI=1S/C49H30N2O2/c1-2-11-33(12-3-1)49-50-47-42-26-21-35(29-44(42)39-14-6-7-16-43(39)48(47)53-49)32-18-22-36(23-19-32)51(37-24-20-31-10-4-5-13-34(31)28-37)38-25-27-41-40-15-8-9-17-45(40)52-46(41)30-38/h1-30H. The van der Waals surface area contributed by atoms with Gasteiger partial charge in [0.2, 0.25) is 5.89 Å². The molecule has 0 aliphatic carbocycles. The number of hydrogen-bond acceptors (Lipinski definition) is 4. The fourth-order valence-electron chi connectivity index (χ4n) is 7.88. The third-order valence-electron chi connectivity index (χ3n) is 10.5. The molecule has 0 spiro atoms. The van der Waals surface area contributed by atoms with Crippen molar-refractivity contribution in [2.45, 2.75) is 0 Å². The van der Waals surface area contributed by atoms with E-state index in [-0.39, 0.29) is 0 Å². The normalized spacial score (nSPS) is 11.8. The number of rotatable bonds is 5. The van der Waals surface area contributed by atoms with Crippen LogP contribution in [0.4, 0.5) is 17.1 Å². The summed E-state index contributed by atoms with van der Waals surface area (Å²) >= 11 is 0. The summed E-state index contributed by atoms with van der Waals surface area (Å²) in [6.07, 6.45) is 0. The smallest absolute Gasteiger partial charge is 0.227 e. The first-order chi connectivity index (χ1) is 26.2. The lowest BCUT2D eigenvalue weighted by Crippen LogP contribution is -2.09. The Morgan fingerprint density at radius 3 is 1.87 bits per heavy atom. The Morgan fingerprint density at radius 2 is 1.00 bits per heavy atom. The summed E-state index contributed by atoms with van der Waals surface area (Å²) in [4.78, 5) is 7.33. The molecule has 0 atom stereocenters. The molecule has 53 heavy (non-hydrogen) atoms. The molecular weight excluding hydrogens is 649 g/mol. The van der Waals surface area contributed by atoms with Crippen LogP contribution in [0, 0.1) is 0 Å². The van der Waals surface area contributed by atoms with Crippen LogP contribution in [0.5, 0.6) is 0 Å². The fourth-order valence-corrected chi connectivity index (χ4v) is 7.88. The number of fused-ring (bicyclic) bond motifs is 10. The number of hydrogen-bond donors (Lipinski definition) is 0. The van der Waals surface area contributed by atoms with Gasteiger partial charge in [0.25, 0.3) is 0 Å². The van der Waals surface area contributed by atoms with E-state index in [9.17, 15) is 0 Å². The first-order valence-electron chi connectivity index (χ1n) is 17.9. The van der Waals surface area contributed by atoms with Crippen LogP contribution in [-0.2, 0) is 0 Å². The van der Waals surface area contributed by atoms with Crippen molar-refractivity contribution in [1.82, 2.24) is 4.98 Å². The quantitative estimate of drug-likeness (QED) is 0.170. The molecule has 0 bridgehead atoms. The minimum atomic E-state index is 0.633. The Kier molecular flexibility index (Phi) is 6.52. The lowest BCUT2D eigenvalue weighted by Gasteiger charge is -2.26. The number of nitrogens with zero attached hydrogens (tertiary/aromatic N) is 2. The van der Waals surface area contributed by atoms with Gasteiger partial charge < -0.3 is 13.7 Å². The molecule has 0 saturated heterocycles. The summed E-state index contributed by atoms with van der Waals surface area (Å²) in [5.41, 5.74) is 9.87. The van der Waals surface area contributed by atoms with Crippen molar-refractivity contribution < 1.29 is 8.83 Å². The predicted molar refractivity (Wildman–Crippen MR) is 219 cm³/mol. The van der Waals surface area contributed by atoms with Crippen LogP contribution in [0.15, 0.2) is 191 Å². The molecule has 0 aliphatic rings. The molecule has 0 unspecified atom stereocenters. The van der Waals surface area contributed by atoms with E-state index < -0.39 is 0 Å². The van der Waals surface area contributed by atoms with E-state index in [1.807, 2.05) is 42.5 Å². The molecule has 11 rings (SSSR count). The minimum absolute atomic E-state index is 0.633. The average molecular weight is 679 g/mol. The van der Waals surface area contributed by atoms with Gasteiger partial charge in [-0.3, -0.25) is 0 Å². The van der Waals surface area contributed by atoms with Gasteiger partial charge >= 0.3 is 0 Å². The Balaban J connectivity index is 1.03. The maximum Gasteiger partial charge on any atom is 0.227 e. The van der Waals surface area contributed by atoms with Crippen molar-refractivity contribution >= 4 is 82.4 Å². The van der Waals surface area contributed by atoms with Gasteiger partial charge in [0.15, 0.2) is 5.58 Å². The molecule has 4 heteroatoms. The molecule has 0 fully saturated rings. The zero-order valence-electron chi connectivity index (χ0n) is 28.5. The van der Waals surface area contributed by atoms with E-state index in [2.05, 4.69) is 144 Å².